The second-order valence-electron chi connectivity index (χ2n) is 6.87. The molecule has 1 saturated heterocycles. The number of thiazole rings is 1. The van der Waals surface area contributed by atoms with Crippen molar-refractivity contribution < 1.29 is 4.79 Å². The number of nitrogens with one attached hydrogen (secondary N) is 2. The number of hydrogen-bond acceptors (Lipinski definition) is 11. The molecule has 0 aromatic carbocycles. The zero-order chi connectivity index (χ0) is 21.6. The predicted octanol–water partition coefficient (Wildman–Crippen LogP) is 1.67. The second kappa shape index (κ2) is 10.1. The van der Waals surface area contributed by atoms with E-state index in [1.165, 1.54) is 11.8 Å². The molecule has 31 heavy (non-hydrogen) atoms. The number of fused-ring (bicyclic) bond motifs is 1. The molecule has 1 amide bonds. The number of nitrogens with zero attached hydrogens (tertiary/aromatic N) is 8. The van der Waals surface area contributed by atoms with E-state index < -0.39 is 0 Å². The van der Waals surface area contributed by atoms with Crippen molar-refractivity contribution in [2.24, 2.45) is 0 Å². The minimum absolute atomic E-state index is 0.0953. The fourth-order valence-electron chi connectivity index (χ4n) is 3.35. The van der Waals surface area contributed by atoms with Crippen LogP contribution in [0.4, 0.5) is 17.0 Å². The summed E-state index contributed by atoms with van der Waals surface area (Å²) in [6, 6.07) is 0. The molecular weight excluding hydrogens is 436 g/mol. The molecule has 0 unspecified atom stereocenters. The van der Waals surface area contributed by atoms with E-state index in [4.69, 9.17) is 0 Å². The average Bonchev–Trinajstić information content (AvgIpc) is 3.37. The summed E-state index contributed by atoms with van der Waals surface area (Å²) in [7, 11) is 0. The molecule has 0 saturated carbocycles. The maximum absolute atomic E-state index is 12.9. The molecule has 3 aromatic rings. The normalized spacial score (nSPS) is 14.6. The summed E-state index contributed by atoms with van der Waals surface area (Å²) in [5.74, 6) is 1.94. The highest BCUT2D eigenvalue weighted by Crippen LogP contribution is 2.22. The van der Waals surface area contributed by atoms with E-state index in [1.54, 1.807) is 15.7 Å². The van der Waals surface area contributed by atoms with E-state index in [1.807, 2.05) is 30.3 Å². The third kappa shape index (κ3) is 4.98. The molecule has 0 radical (unpaired) electrons. The van der Waals surface area contributed by atoms with Crippen LogP contribution in [0.1, 0.15) is 20.3 Å². The molecule has 0 aliphatic carbocycles. The average molecular weight is 463 g/mol. The first-order chi connectivity index (χ1) is 15.2. The van der Waals surface area contributed by atoms with Crippen LogP contribution in [-0.4, -0.2) is 85.4 Å². The highest BCUT2D eigenvalue weighted by Gasteiger charge is 2.22. The van der Waals surface area contributed by atoms with E-state index in [9.17, 15) is 4.79 Å². The van der Waals surface area contributed by atoms with Gasteiger partial charge in [-0.15, -0.1) is 21.5 Å². The van der Waals surface area contributed by atoms with Gasteiger partial charge >= 0.3 is 0 Å². The van der Waals surface area contributed by atoms with Gasteiger partial charge in [-0.25, -0.2) is 9.38 Å². The largest absolute Gasteiger partial charge is 0.355 e. The lowest BCUT2D eigenvalue weighted by Crippen LogP contribution is -2.36. The Balaban J connectivity index is 1.42. The van der Waals surface area contributed by atoms with Crippen LogP contribution < -0.4 is 15.5 Å². The fourth-order valence-corrected chi connectivity index (χ4v) is 4.87. The molecule has 4 heterocycles. The number of carbonyl (C=O) groups excluding carboxylic acids is 1. The molecule has 3 aromatic heterocycles. The van der Waals surface area contributed by atoms with E-state index in [0.29, 0.717) is 48.2 Å². The Morgan fingerprint density at radius 2 is 2.00 bits per heavy atom. The Kier molecular flexibility index (Phi) is 7.02. The molecular formula is C18H26N10OS2. The van der Waals surface area contributed by atoms with Gasteiger partial charge in [0.05, 0.1) is 5.75 Å². The fraction of sp³-hybridized carbons (Fsp3) is 0.556. The SMILES string of the molecule is CCNc1nc(NCC)n2c(SCC(=O)N3CCCN(c4nccs4)CC3)nnc2n1. The first-order valence-corrected chi connectivity index (χ1v) is 12.2. The molecule has 13 heteroatoms. The van der Waals surface area contributed by atoms with Crippen LogP contribution in [0.5, 0.6) is 0 Å². The molecule has 1 aliphatic rings. The lowest BCUT2D eigenvalue weighted by molar-refractivity contribution is -0.128. The van der Waals surface area contributed by atoms with Crippen molar-refractivity contribution in [3.05, 3.63) is 11.6 Å². The van der Waals surface area contributed by atoms with Crippen molar-refractivity contribution in [3.63, 3.8) is 0 Å². The number of rotatable bonds is 8. The van der Waals surface area contributed by atoms with Gasteiger partial charge in [-0.1, -0.05) is 11.8 Å². The van der Waals surface area contributed by atoms with Crippen LogP contribution in [-0.2, 0) is 4.79 Å². The molecule has 0 bridgehead atoms. The standard InChI is InChI=1S/C18H26N10OS2/c1-3-19-14-22-15(20-4-2)28-16(23-14)24-25-18(28)31-12-13(29)26-7-5-8-27(10-9-26)17-21-6-11-30-17/h6,11H,3-5,7-10,12H2,1-2H3,(H2,19,20,22,23,24). The van der Waals surface area contributed by atoms with Gasteiger partial charge in [-0.05, 0) is 20.3 Å². The highest BCUT2D eigenvalue weighted by molar-refractivity contribution is 7.99. The number of anilines is 3. The number of carbonyl (C=O) groups is 1. The zero-order valence-electron chi connectivity index (χ0n) is 17.6. The summed E-state index contributed by atoms with van der Waals surface area (Å²) in [6.45, 7) is 8.54. The summed E-state index contributed by atoms with van der Waals surface area (Å²) in [5.41, 5.74) is 0. The highest BCUT2D eigenvalue weighted by atomic mass is 32.2. The Morgan fingerprint density at radius 1 is 1.13 bits per heavy atom. The van der Waals surface area contributed by atoms with Crippen molar-refractivity contribution in [1.29, 1.82) is 0 Å². The van der Waals surface area contributed by atoms with Crippen LogP contribution in [0, 0.1) is 0 Å². The van der Waals surface area contributed by atoms with Crippen LogP contribution in [0.3, 0.4) is 0 Å². The van der Waals surface area contributed by atoms with Gasteiger partial charge in [0, 0.05) is 50.8 Å². The maximum Gasteiger partial charge on any atom is 0.261 e. The van der Waals surface area contributed by atoms with Gasteiger partial charge in [-0.3, -0.25) is 4.79 Å². The van der Waals surface area contributed by atoms with E-state index in [2.05, 4.69) is 40.7 Å². The van der Waals surface area contributed by atoms with E-state index >= 15 is 0 Å². The van der Waals surface area contributed by atoms with Crippen molar-refractivity contribution in [1.82, 2.24) is 34.4 Å². The lowest BCUT2D eigenvalue weighted by Gasteiger charge is -2.21. The van der Waals surface area contributed by atoms with Gasteiger partial charge in [0.2, 0.25) is 17.8 Å². The monoisotopic (exact) mass is 462 g/mol. The van der Waals surface area contributed by atoms with Crippen molar-refractivity contribution in [3.8, 4) is 0 Å². The van der Waals surface area contributed by atoms with E-state index in [-0.39, 0.29) is 5.91 Å². The molecule has 0 spiro atoms. The summed E-state index contributed by atoms with van der Waals surface area (Å²) in [4.78, 5) is 30.4. The van der Waals surface area contributed by atoms with Gasteiger partial charge in [-0.2, -0.15) is 9.97 Å². The first-order valence-electron chi connectivity index (χ1n) is 10.4. The first kappa shape index (κ1) is 21.6. The van der Waals surface area contributed by atoms with Crippen LogP contribution in [0.15, 0.2) is 16.7 Å². The molecule has 11 nitrogen and oxygen atoms in total. The third-order valence-corrected chi connectivity index (χ3v) is 6.52. The molecule has 166 valence electrons. The van der Waals surface area contributed by atoms with Crippen molar-refractivity contribution >= 4 is 51.8 Å². The van der Waals surface area contributed by atoms with Crippen LogP contribution in [0.25, 0.3) is 5.78 Å². The van der Waals surface area contributed by atoms with Crippen molar-refractivity contribution in [2.75, 3.05) is 60.6 Å². The van der Waals surface area contributed by atoms with Gasteiger partial charge < -0.3 is 20.4 Å². The summed E-state index contributed by atoms with van der Waals surface area (Å²) in [6.07, 6.45) is 2.75. The van der Waals surface area contributed by atoms with Gasteiger partial charge in [0.15, 0.2) is 10.3 Å². The van der Waals surface area contributed by atoms with Crippen LogP contribution in [0.2, 0.25) is 0 Å². The van der Waals surface area contributed by atoms with Gasteiger partial charge in [0.25, 0.3) is 5.78 Å². The number of aromatic nitrogens is 6. The number of hydrogen-bond donors (Lipinski definition) is 2. The Labute approximate surface area is 188 Å². The minimum Gasteiger partial charge on any atom is -0.355 e. The number of amides is 1. The van der Waals surface area contributed by atoms with E-state index in [0.717, 1.165) is 31.2 Å². The maximum atomic E-state index is 12.9. The van der Waals surface area contributed by atoms with Gasteiger partial charge in [0.1, 0.15) is 0 Å². The summed E-state index contributed by atoms with van der Waals surface area (Å²) >= 11 is 2.99. The summed E-state index contributed by atoms with van der Waals surface area (Å²) < 4.78 is 1.76. The lowest BCUT2D eigenvalue weighted by atomic mass is 10.4. The smallest absolute Gasteiger partial charge is 0.261 e. The zero-order valence-corrected chi connectivity index (χ0v) is 19.2. The van der Waals surface area contributed by atoms with Crippen molar-refractivity contribution in [2.45, 2.75) is 25.4 Å². The third-order valence-electron chi connectivity index (χ3n) is 4.78. The molecule has 4 rings (SSSR count). The molecule has 0 atom stereocenters. The second-order valence-corrected chi connectivity index (χ2v) is 8.69. The summed E-state index contributed by atoms with van der Waals surface area (Å²) in [5, 5.41) is 18.3. The quantitative estimate of drug-likeness (QED) is 0.479. The Hall–Kier alpha value is -2.67. The number of thioether (sulfide) groups is 1. The predicted molar refractivity (Wildman–Crippen MR) is 123 cm³/mol. The Bertz CT molecular complexity index is 1010. The van der Waals surface area contributed by atoms with Crippen LogP contribution >= 0.6 is 23.1 Å². The molecule has 1 fully saturated rings. The topological polar surface area (TPSA) is 116 Å². The molecule has 2 N–H and O–H groups in total. The Morgan fingerprint density at radius 3 is 2.77 bits per heavy atom. The minimum atomic E-state index is 0.0953. The molecule has 1 aliphatic heterocycles.